The summed E-state index contributed by atoms with van der Waals surface area (Å²) in [5.74, 6) is 0.483. The highest BCUT2D eigenvalue weighted by Gasteiger charge is 2.03. The molecule has 1 aromatic rings. The van der Waals surface area contributed by atoms with Crippen LogP contribution in [0.2, 0.25) is 5.02 Å². The number of hydrogen-bond donors (Lipinski definition) is 0. The summed E-state index contributed by atoms with van der Waals surface area (Å²) >= 11 is 6.06. The van der Waals surface area contributed by atoms with Crippen LogP contribution in [0.15, 0.2) is 24.8 Å². The Kier molecular flexibility index (Phi) is 2.93. The van der Waals surface area contributed by atoms with Gasteiger partial charge in [-0.1, -0.05) is 50.2 Å². The summed E-state index contributed by atoms with van der Waals surface area (Å²) in [4.78, 5) is 0. The Morgan fingerprint density at radius 1 is 1.42 bits per heavy atom. The Labute approximate surface area is 78.9 Å². The van der Waals surface area contributed by atoms with Gasteiger partial charge in [0, 0.05) is 5.02 Å². The van der Waals surface area contributed by atoms with Crippen molar-refractivity contribution in [3.63, 3.8) is 0 Å². The Bertz CT molecular complexity index is 287. The molecule has 0 aliphatic heterocycles. The lowest BCUT2D eigenvalue weighted by atomic mass is 10.0. The summed E-state index contributed by atoms with van der Waals surface area (Å²) in [5.41, 5.74) is 2.27. The fourth-order valence-electron chi connectivity index (χ4n) is 1.14. The maximum absolute atomic E-state index is 6.06. The van der Waals surface area contributed by atoms with Crippen LogP contribution in [0.25, 0.3) is 6.08 Å². The Morgan fingerprint density at radius 2 is 2.08 bits per heavy atom. The van der Waals surface area contributed by atoms with Gasteiger partial charge in [0.05, 0.1) is 0 Å². The predicted molar refractivity (Wildman–Crippen MR) is 55.6 cm³/mol. The summed E-state index contributed by atoms with van der Waals surface area (Å²) in [6, 6.07) is 6.04. The van der Waals surface area contributed by atoms with E-state index in [1.54, 1.807) is 6.08 Å². The standard InChI is InChI=1S/C11H13Cl/c1-4-9-5-6-10(8(2)3)11(12)7-9/h4-8H,1H2,2-3H3. The lowest BCUT2D eigenvalue weighted by Gasteiger charge is -2.07. The van der Waals surface area contributed by atoms with E-state index in [1.807, 2.05) is 12.1 Å². The van der Waals surface area contributed by atoms with E-state index in [4.69, 9.17) is 11.6 Å². The average molecular weight is 181 g/mol. The lowest BCUT2D eigenvalue weighted by molar-refractivity contribution is 0.867. The summed E-state index contributed by atoms with van der Waals surface area (Å²) in [6.45, 7) is 7.96. The van der Waals surface area contributed by atoms with Crippen LogP contribution < -0.4 is 0 Å². The van der Waals surface area contributed by atoms with Gasteiger partial charge in [-0.2, -0.15) is 0 Å². The highest BCUT2D eigenvalue weighted by molar-refractivity contribution is 6.31. The van der Waals surface area contributed by atoms with E-state index in [9.17, 15) is 0 Å². The molecule has 0 saturated carbocycles. The van der Waals surface area contributed by atoms with Gasteiger partial charge in [0.2, 0.25) is 0 Å². The van der Waals surface area contributed by atoms with Crippen LogP contribution in [0.1, 0.15) is 30.9 Å². The molecule has 0 spiro atoms. The normalized spacial score (nSPS) is 10.3. The number of benzene rings is 1. The predicted octanol–water partition coefficient (Wildman–Crippen LogP) is 4.11. The van der Waals surface area contributed by atoms with Crippen molar-refractivity contribution in [2.24, 2.45) is 0 Å². The van der Waals surface area contributed by atoms with Crippen LogP contribution in [0.4, 0.5) is 0 Å². The van der Waals surface area contributed by atoms with E-state index in [0.717, 1.165) is 10.6 Å². The number of rotatable bonds is 2. The molecule has 0 N–H and O–H groups in total. The molecule has 0 saturated heterocycles. The van der Waals surface area contributed by atoms with Crippen molar-refractivity contribution >= 4 is 17.7 Å². The Morgan fingerprint density at radius 3 is 2.50 bits per heavy atom. The van der Waals surface area contributed by atoms with Crippen molar-refractivity contribution < 1.29 is 0 Å². The van der Waals surface area contributed by atoms with E-state index in [0.29, 0.717) is 5.92 Å². The smallest absolute Gasteiger partial charge is 0.0446 e. The zero-order valence-electron chi connectivity index (χ0n) is 7.47. The van der Waals surface area contributed by atoms with Crippen LogP contribution in [-0.2, 0) is 0 Å². The molecule has 0 aromatic heterocycles. The van der Waals surface area contributed by atoms with E-state index in [1.165, 1.54) is 5.56 Å². The van der Waals surface area contributed by atoms with Gasteiger partial charge in [0.15, 0.2) is 0 Å². The van der Waals surface area contributed by atoms with Gasteiger partial charge < -0.3 is 0 Å². The molecule has 0 bridgehead atoms. The molecule has 0 unspecified atom stereocenters. The molecule has 1 aromatic carbocycles. The molecule has 1 rings (SSSR count). The van der Waals surface area contributed by atoms with Gasteiger partial charge in [0.25, 0.3) is 0 Å². The first-order valence-electron chi connectivity index (χ1n) is 4.07. The quantitative estimate of drug-likeness (QED) is 0.643. The molecule has 0 radical (unpaired) electrons. The van der Waals surface area contributed by atoms with Crippen molar-refractivity contribution in [2.45, 2.75) is 19.8 Å². The van der Waals surface area contributed by atoms with Gasteiger partial charge >= 0.3 is 0 Å². The summed E-state index contributed by atoms with van der Waals surface area (Å²) < 4.78 is 0. The lowest BCUT2D eigenvalue weighted by Crippen LogP contribution is -1.88. The molecule has 64 valence electrons. The van der Waals surface area contributed by atoms with Crippen molar-refractivity contribution in [3.05, 3.63) is 40.9 Å². The van der Waals surface area contributed by atoms with Crippen LogP contribution in [0.5, 0.6) is 0 Å². The van der Waals surface area contributed by atoms with Crippen LogP contribution >= 0.6 is 11.6 Å². The zero-order chi connectivity index (χ0) is 9.14. The highest BCUT2D eigenvalue weighted by Crippen LogP contribution is 2.25. The van der Waals surface area contributed by atoms with Crippen molar-refractivity contribution in [1.82, 2.24) is 0 Å². The molecule has 1 heteroatoms. The maximum Gasteiger partial charge on any atom is 0.0446 e. The third-order valence-electron chi connectivity index (χ3n) is 1.88. The largest absolute Gasteiger partial charge is 0.0985 e. The first-order chi connectivity index (χ1) is 5.65. The second-order valence-electron chi connectivity index (χ2n) is 3.14. The molecule has 0 fully saturated rings. The third-order valence-corrected chi connectivity index (χ3v) is 2.21. The summed E-state index contributed by atoms with van der Waals surface area (Å²) in [6.07, 6.45) is 1.80. The van der Waals surface area contributed by atoms with Gasteiger partial charge in [-0.3, -0.25) is 0 Å². The molecule has 12 heavy (non-hydrogen) atoms. The minimum absolute atomic E-state index is 0.483. The topological polar surface area (TPSA) is 0 Å². The second-order valence-corrected chi connectivity index (χ2v) is 3.55. The van der Waals surface area contributed by atoms with Crippen molar-refractivity contribution in [3.8, 4) is 0 Å². The molecular formula is C11H13Cl. The van der Waals surface area contributed by atoms with Crippen molar-refractivity contribution in [2.75, 3.05) is 0 Å². The average Bonchev–Trinajstić information content (AvgIpc) is 2.03. The first kappa shape index (κ1) is 9.34. The third kappa shape index (κ3) is 1.89. The minimum Gasteiger partial charge on any atom is -0.0985 e. The zero-order valence-corrected chi connectivity index (χ0v) is 8.23. The molecule has 0 atom stereocenters. The number of hydrogen-bond acceptors (Lipinski definition) is 0. The Hall–Kier alpha value is -0.750. The first-order valence-corrected chi connectivity index (χ1v) is 4.45. The molecule has 0 nitrogen and oxygen atoms in total. The number of halogens is 1. The molecule has 0 heterocycles. The molecule has 0 aliphatic rings. The van der Waals surface area contributed by atoms with Gasteiger partial charge in [-0.05, 0) is 23.1 Å². The van der Waals surface area contributed by atoms with E-state index >= 15 is 0 Å². The fraction of sp³-hybridized carbons (Fsp3) is 0.273. The van der Waals surface area contributed by atoms with Crippen molar-refractivity contribution in [1.29, 1.82) is 0 Å². The van der Waals surface area contributed by atoms with Gasteiger partial charge in [-0.25, -0.2) is 0 Å². The molecule has 0 aliphatic carbocycles. The van der Waals surface area contributed by atoms with Crippen LogP contribution in [-0.4, -0.2) is 0 Å². The summed E-state index contributed by atoms with van der Waals surface area (Å²) in [5, 5.41) is 0.836. The molecule has 0 amide bonds. The second kappa shape index (κ2) is 3.77. The molecular weight excluding hydrogens is 168 g/mol. The van der Waals surface area contributed by atoms with Crippen LogP contribution in [0, 0.1) is 0 Å². The minimum atomic E-state index is 0.483. The van der Waals surface area contributed by atoms with E-state index in [-0.39, 0.29) is 0 Å². The van der Waals surface area contributed by atoms with E-state index in [2.05, 4.69) is 26.5 Å². The SMILES string of the molecule is C=Cc1ccc(C(C)C)c(Cl)c1. The Balaban J connectivity index is 3.11. The monoisotopic (exact) mass is 180 g/mol. The van der Waals surface area contributed by atoms with Crippen LogP contribution in [0.3, 0.4) is 0 Å². The van der Waals surface area contributed by atoms with Gasteiger partial charge in [-0.15, -0.1) is 0 Å². The maximum atomic E-state index is 6.06. The van der Waals surface area contributed by atoms with E-state index < -0.39 is 0 Å². The highest BCUT2D eigenvalue weighted by atomic mass is 35.5. The van der Waals surface area contributed by atoms with Gasteiger partial charge in [0.1, 0.15) is 0 Å². The summed E-state index contributed by atoms with van der Waals surface area (Å²) in [7, 11) is 0. The fourth-order valence-corrected chi connectivity index (χ4v) is 1.55.